The Morgan fingerprint density at radius 2 is 1.81 bits per heavy atom. The number of nitrogens with zero attached hydrogens (tertiary/aromatic N) is 1. The number of hydrogen-bond acceptors (Lipinski definition) is 6. The molecule has 1 atom stereocenters. The first-order chi connectivity index (χ1) is 15.2. The highest BCUT2D eigenvalue weighted by Crippen LogP contribution is 2.29. The Hall–Kier alpha value is -4.08. The SMILES string of the molecule is COc1ccc(CNC(=O)CN2C(=O)NC(C)(c3cccc(C(N)=O)c3)C2=O)cc1OC. The molecule has 0 bridgehead atoms. The Morgan fingerprint density at radius 1 is 1.09 bits per heavy atom. The van der Waals surface area contributed by atoms with Crippen molar-refractivity contribution in [3.05, 3.63) is 59.2 Å². The summed E-state index contributed by atoms with van der Waals surface area (Å²) in [4.78, 5) is 50.2. The molecular weight excluding hydrogens is 416 g/mol. The van der Waals surface area contributed by atoms with Crippen molar-refractivity contribution in [2.75, 3.05) is 20.8 Å². The molecule has 32 heavy (non-hydrogen) atoms. The van der Waals surface area contributed by atoms with Crippen molar-refractivity contribution in [2.24, 2.45) is 5.73 Å². The van der Waals surface area contributed by atoms with Gasteiger partial charge in [0.25, 0.3) is 5.91 Å². The van der Waals surface area contributed by atoms with Gasteiger partial charge in [-0.2, -0.15) is 0 Å². The summed E-state index contributed by atoms with van der Waals surface area (Å²) in [6.45, 7) is 1.22. The highest BCUT2D eigenvalue weighted by atomic mass is 16.5. The van der Waals surface area contributed by atoms with Crippen molar-refractivity contribution in [2.45, 2.75) is 19.0 Å². The molecule has 1 unspecified atom stereocenters. The van der Waals surface area contributed by atoms with Gasteiger partial charge in [0.1, 0.15) is 12.1 Å². The Kier molecular flexibility index (Phi) is 6.33. The van der Waals surface area contributed by atoms with Crippen LogP contribution in [0.3, 0.4) is 0 Å². The minimum absolute atomic E-state index is 0.167. The van der Waals surface area contributed by atoms with E-state index in [-0.39, 0.29) is 12.1 Å². The number of urea groups is 1. The molecule has 10 heteroatoms. The van der Waals surface area contributed by atoms with Gasteiger partial charge in [0, 0.05) is 12.1 Å². The number of hydrogen-bond donors (Lipinski definition) is 3. The van der Waals surface area contributed by atoms with Crippen molar-refractivity contribution in [1.29, 1.82) is 0 Å². The number of primary amides is 1. The van der Waals surface area contributed by atoms with Crippen LogP contribution in [0.25, 0.3) is 0 Å². The quantitative estimate of drug-likeness (QED) is 0.521. The number of ether oxygens (including phenoxy) is 2. The van der Waals surface area contributed by atoms with Gasteiger partial charge in [-0.25, -0.2) is 4.79 Å². The largest absolute Gasteiger partial charge is 0.493 e. The minimum atomic E-state index is -1.42. The van der Waals surface area contributed by atoms with Crippen LogP contribution >= 0.6 is 0 Å². The third-order valence-corrected chi connectivity index (χ3v) is 5.24. The fraction of sp³-hybridized carbons (Fsp3) is 0.273. The number of carbonyl (C=O) groups excluding carboxylic acids is 4. The zero-order chi connectivity index (χ0) is 23.5. The average Bonchev–Trinajstić information content (AvgIpc) is 3.01. The lowest BCUT2D eigenvalue weighted by Crippen LogP contribution is -2.43. The maximum Gasteiger partial charge on any atom is 0.325 e. The number of nitrogens with one attached hydrogen (secondary N) is 2. The summed E-state index contributed by atoms with van der Waals surface area (Å²) in [5.74, 6) is -0.702. The second-order valence-electron chi connectivity index (χ2n) is 7.36. The van der Waals surface area contributed by atoms with Gasteiger partial charge in [-0.3, -0.25) is 19.3 Å². The zero-order valence-electron chi connectivity index (χ0n) is 17.9. The molecule has 5 amide bonds. The third-order valence-electron chi connectivity index (χ3n) is 5.24. The van der Waals surface area contributed by atoms with Crippen LogP contribution in [0, 0.1) is 0 Å². The molecule has 1 saturated heterocycles. The number of imide groups is 1. The van der Waals surface area contributed by atoms with E-state index in [4.69, 9.17) is 15.2 Å². The van der Waals surface area contributed by atoms with Crippen LogP contribution in [0.5, 0.6) is 11.5 Å². The maximum absolute atomic E-state index is 13.0. The lowest BCUT2D eigenvalue weighted by Gasteiger charge is -2.22. The molecule has 4 N–H and O–H groups in total. The Bertz CT molecular complexity index is 1090. The fourth-order valence-electron chi connectivity index (χ4n) is 3.41. The number of methoxy groups -OCH3 is 2. The first kappa shape index (κ1) is 22.6. The van der Waals surface area contributed by atoms with Crippen LogP contribution in [0.2, 0.25) is 0 Å². The van der Waals surface area contributed by atoms with E-state index in [1.807, 2.05) is 0 Å². The van der Waals surface area contributed by atoms with E-state index < -0.39 is 35.8 Å². The van der Waals surface area contributed by atoms with E-state index in [1.54, 1.807) is 30.3 Å². The molecule has 0 aromatic heterocycles. The van der Waals surface area contributed by atoms with Gasteiger partial charge in [0.15, 0.2) is 11.5 Å². The molecule has 2 aromatic rings. The van der Waals surface area contributed by atoms with E-state index in [0.717, 1.165) is 10.5 Å². The topological polar surface area (TPSA) is 140 Å². The monoisotopic (exact) mass is 440 g/mol. The summed E-state index contributed by atoms with van der Waals surface area (Å²) in [5.41, 5.74) is 5.23. The molecule has 3 rings (SSSR count). The number of rotatable bonds is 8. The predicted molar refractivity (Wildman–Crippen MR) is 114 cm³/mol. The summed E-state index contributed by atoms with van der Waals surface area (Å²) < 4.78 is 10.4. The van der Waals surface area contributed by atoms with E-state index >= 15 is 0 Å². The van der Waals surface area contributed by atoms with E-state index in [2.05, 4.69) is 10.6 Å². The molecule has 1 aliphatic heterocycles. The summed E-state index contributed by atoms with van der Waals surface area (Å²) in [7, 11) is 3.03. The van der Waals surface area contributed by atoms with Crippen LogP contribution in [0.4, 0.5) is 4.79 Å². The van der Waals surface area contributed by atoms with E-state index in [0.29, 0.717) is 17.1 Å². The van der Waals surface area contributed by atoms with Crippen molar-refractivity contribution in [1.82, 2.24) is 15.5 Å². The van der Waals surface area contributed by atoms with Gasteiger partial charge < -0.3 is 25.8 Å². The number of benzene rings is 2. The molecule has 1 aliphatic rings. The van der Waals surface area contributed by atoms with Crippen LogP contribution in [-0.2, 0) is 21.7 Å². The summed E-state index contributed by atoms with van der Waals surface area (Å²) in [5, 5.41) is 5.27. The van der Waals surface area contributed by atoms with Crippen molar-refractivity contribution in [3.8, 4) is 11.5 Å². The van der Waals surface area contributed by atoms with Crippen molar-refractivity contribution < 1.29 is 28.7 Å². The summed E-state index contributed by atoms with van der Waals surface area (Å²) in [6.07, 6.45) is 0. The minimum Gasteiger partial charge on any atom is -0.493 e. The maximum atomic E-state index is 13.0. The van der Waals surface area contributed by atoms with Gasteiger partial charge in [0.2, 0.25) is 11.8 Å². The average molecular weight is 440 g/mol. The molecule has 168 valence electrons. The standard InChI is InChI=1S/C22H24N4O6/c1-22(15-6-4-5-14(10-15)19(23)28)20(29)26(21(30)25-22)12-18(27)24-11-13-7-8-16(31-2)17(9-13)32-3/h4-10H,11-12H2,1-3H3,(H2,23,28)(H,24,27)(H,25,30). The lowest BCUT2D eigenvalue weighted by atomic mass is 9.90. The van der Waals surface area contributed by atoms with Gasteiger partial charge in [-0.15, -0.1) is 0 Å². The molecule has 0 radical (unpaired) electrons. The van der Waals surface area contributed by atoms with Crippen LogP contribution in [0.15, 0.2) is 42.5 Å². The first-order valence-electron chi connectivity index (χ1n) is 9.71. The van der Waals surface area contributed by atoms with E-state index in [9.17, 15) is 19.2 Å². The van der Waals surface area contributed by atoms with Crippen LogP contribution < -0.4 is 25.8 Å². The van der Waals surface area contributed by atoms with Gasteiger partial charge in [-0.05, 0) is 42.3 Å². The van der Waals surface area contributed by atoms with Crippen LogP contribution in [-0.4, -0.2) is 49.4 Å². The Morgan fingerprint density at radius 3 is 2.47 bits per heavy atom. The van der Waals surface area contributed by atoms with Crippen molar-refractivity contribution in [3.63, 3.8) is 0 Å². The molecule has 0 aliphatic carbocycles. The molecule has 10 nitrogen and oxygen atoms in total. The first-order valence-corrected chi connectivity index (χ1v) is 9.71. The Balaban J connectivity index is 1.68. The molecular formula is C22H24N4O6. The molecule has 1 heterocycles. The third kappa shape index (κ3) is 4.34. The second-order valence-corrected chi connectivity index (χ2v) is 7.36. The fourth-order valence-corrected chi connectivity index (χ4v) is 3.41. The number of nitrogens with two attached hydrogens (primary N) is 1. The summed E-state index contributed by atoms with van der Waals surface area (Å²) >= 11 is 0. The predicted octanol–water partition coefficient (Wildman–Crippen LogP) is 0.886. The molecule has 1 fully saturated rings. The number of carbonyl (C=O) groups is 4. The molecule has 0 spiro atoms. The summed E-state index contributed by atoms with van der Waals surface area (Å²) in [6, 6.07) is 10.6. The van der Waals surface area contributed by atoms with Crippen molar-refractivity contribution >= 4 is 23.8 Å². The second kappa shape index (κ2) is 8.96. The molecule has 2 aromatic carbocycles. The normalized spacial score (nSPS) is 17.7. The smallest absolute Gasteiger partial charge is 0.325 e. The van der Waals surface area contributed by atoms with Gasteiger partial charge >= 0.3 is 6.03 Å². The highest BCUT2D eigenvalue weighted by Gasteiger charge is 2.49. The lowest BCUT2D eigenvalue weighted by molar-refractivity contribution is -0.134. The number of amides is 5. The molecule has 0 saturated carbocycles. The highest BCUT2D eigenvalue weighted by molar-refractivity contribution is 6.09. The zero-order valence-corrected chi connectivity index (χ0v) is 17.9. The Labute approximate surface area is 184 Å². The van der Waals surface area contributed by atoms with E-state index in [1.165, 1.54) is 33.3 Å². The van der Waals surface area contributed by atoms with Gasteiger partial charge in [-0.1, -0.05) is 18.2 Å². The van der Waals surface area contributed by atoms with Crippen LogP contribution in [0.1, 0.15) is 28.4 Å². The van der Waals surface area contributed by atoms with Gasteiger partial charge in [0.05, 0.1) is 14.2 Å².